The maximum atomic E-state index is 6.05. The number of nitrogens with zero attached hydrogens (tertiary/aromatic N) is 2. The molecule has 2 rings (SSSR count). The number of nitrogens with two attached hydrogens (primary N) is 1. The molecular formula is C10H7Cl2N3S. The Labute approximate surface area is 107 Å². The van der Waals surface area contributed by atoms with Crippen LogP contribution in [0.1, 0.15) is 0 Å². The molecule has 2 aromatic rings. The van der Waals surface area contributed by atoms with Crippen LogP contribution in [-0.4, -0.2) is 9.97 Å². The van der Waals surface area contributed by atoms with Crippen molar-refractivity contribution in [1.29, 1.82) is 0 Å². The number of nitrogen functional groups attached to an aromatic ring is 1. The highest BCUT2D eigenvalue weighted by Crippen LogP contribution is 2.34. The summed E-state index contributed by atoms with van der Waals surface area (Å²) in [6.45, 7) is 0. The summed E-state index contributed by atoms with van der Waals surface area (Å²) in [6, 6.07) is 5.46. The summed E-state index contributed by atoms with van der Waals surface area (Å²) in [5, 5.41) is 1.61. The number of anilines is 1. The lowest BCUT2D eigenvalue weighted by atomic mass is 10.3. The van der Waals surface area contributed by atoms with Crippen LogP contribution in [0.3, 0.4) is 0 Å². The van der Waals surface area contributed by atoms with Crippen LogP contribution < -0.4 is 5.73 Å². The van der Waals surface area contributed by atoms with Crippen LogP contribution in [0.2, 0.25) is 10.2 Å². The quantitative estimate of drug-likeness (QED) is 0.850. The monoisotopic (exact) mass is 271 g/mol. The Kier molecular flexibility index (Phi) is 3.53. The van der Waals surface area contributed by atoms with Crippen LogP contribution >= 0.6 is 35.0 Å². The lowest BCUT2D eigenvalue weighted by Gasteiger charge is -2.04. The molecule has 0 unspecified atom stereocenters. The molecule has 6 heteroatoms. The maximum absolute atomic E-state index is 6.05. The molecule has 1 aromatic carbocycles. The van der Waals surface area contributed by atoms with E-state index in [1.54, 1.807) is 12.3 Å². The van der Waals surface area contributed by atoms with Crippen molar-refractivity contribution in [3.8, 4) is 0 Å². The molecule has 0 amide bonds. The van der Waals surface area contributed by atoms with Crippen molar-refractivity contribution in [3.05, 3.63) is 40.8 Å². The van der Waals surface area contributed by atoms with E-state index in [0.29, 0.717) is 15.9 Å². The number of hydrogen-bond donors (Lipinski definition) is 1. The van der Waals surface area contributed by atoms with Gasteiger partial charge in [0, 0.05) is 4.90 Å². The molecule has 0 bridgehead atoms. The molecule has 0 spiro atoms. The highest BCUT2D eigenvalue weighted by atomic mass is 35.5. The summed E-state index contributed by atoms with van der Waals surface area (Å²) in [6.07, 6.45) is 3.08. The van der Waals surface area contributed by atoms with Gasteiger partial charge in [0.05, 0.1) is 23.1 Å². The molecule has 2 N–H and O–H groups in total. The van der Waals surface area contributed by atoms with Gasteiger partial charge in [-0.1, -0.05) is 41.0 Å². The van der Waals surface area contributed by atoms with E-state index in [0.717, 1.165) is 9.92 Å². The van der Waals surface area contributed by atoms with Crippen LogP contribution in [-0.2, 0) is 0 Å². The summed E-state index contributed by atoms with van der Waals surface area (Å²) in [4.78, 5) is 8.89. The minimum Gasteiger partial charge on any atom is -0.397 e. The lowest BCUT2D eigenvalue weighted by Crippen LogP contribution is -1.88. The smallest absolute Gasteiger partial charge is 0.147 e. The first-order chi connectivity index (χ1) is 7.66. The van der Waals surface area contributed by atoms with Gasteiger partial charge in [-0.15, -0.1) is 0 Å². The van der Waals surface area contributed by atoms with Gasteiger partial charge in [-0.2, -0.15) is 0 Å². The molecular weight excluding hydrogens is 265 g/mol. The fraction of sp³-hybridized carbons (Fsp3) is 0. The van der Waals surface area contributed by atoms with Crippen LogP contribution in [0.5, 0.6) is 0 Å². The van der Waals surface area contributed by atoms with E-state index in [-0.39, 0.29) is 0 Å². The Morgan fingerprint density at radius 1 is 1.12 bits per heavy atom. The van der Waals surface area contributed by atoms with E-state index in [1.165, 1.54) is 18.0 Å². The molecule has 0 aliphatic rings. The first-order valence-electron chi connectivity index (χ1n) is 4.36. The summed E-state index contributed by atoms with van der Waals surface area (Å²) < 4.78 is 0. The third-order valence-corrected chi connectivity index (χ3v) is 3.51. The van der Waals surface area contributed by atoms with E-state index < -0.39 is 0 Å². The van der Waals surface area contributed by atoms with Gasteiger partial charge in [-0.25, -0.2) is 9.97 Å². The van der Waals surface area contributed by atoms with Crippen molar-refractivity contribution in [2.45, 2.75) is 9.92 Å². The average Bonchev–Trinajstić information content (AvgIpc) is 2.28. The van der Waals surface area contributed by atoms with E-state index in [9.17, 15) is 0 Å². The normalized spacial score (nSPS) is 10.4. The van der Waals surface area contributed by atoms with Gasteiger partial charge in [-0.05, 0) is 12.1 Å². The summed E-state index contributed by atoms with van der Waals surface area (Å²) >= 11 is 13.1. The van der Waals surface area contributed by atoms with Gasteiger partial charge in [0.1, 0.15) is 10.2 Å². The van der Waals surface area contributed by atoms with Crippen molar-refractivity contribution in [2.24, 2.45) is 0 Å². The fourth-order valence-electron chi connectivity index (χ4n) is 1.07. The molecule has 16 heavy (non-hydrogen) atoms. The van der Waals surface area contributed by atoms with Crippen molar-refractivity contribution in [3.63, 3.8) is 0 Å². The Morgan fingerprint density at radius 3 is 2.62 bits per heavy atom. The van der Waals surface area contributed by atoms with Crippen molar-refractivity contribution in [2.75, 3.05) is 5.73 Å². The summed E-state index contributed by atoms with van der Waals surface area (Å²) in [5.74, 6) is 0. The Bertz CT molecular complexity index is 502. The molecule has 0 radical (unpaired) electrons. The van der Waals surface area contributed by atoms with E-state index in [2.05, 4.69) is 9.97 Å². The number of rotatable bonds is 2. The van der Waals surface area contributed by atoms with E-state index in [1.807, 2.05) is 12.1 Å². The van der Waals surface area contributed by atoms with E-state index in [4.69, 9.17) is 28.9 Å². The third kappa shape index (κ3) is 2.58. The second kappa shape index (κ2) is 4.91. The zero-order valence-corrected chi connectivity index (χ0v) is 10.4. The molecule has 3 nitrogen and oxygen atoms in total. The van der Waals surface area contributed by atoms with Crippen LogP contribution in [0.25, 0.3) is 0 Å². The average molecular weight is 272 g/mol. The van der Waals surface area contributed by atoms with Crippen molar-refractivity contribution >= 4 is 40.7 Å². The first-order valence-corrected chi connectivity index (χ1v) is 5.93. The number of halogens is 2. The fourth-order valence-corrected chi connectivity index (χ4v) is 2.20. The molecule has 82 valence electrons. The minimum atomic E-state index is 0.364. The largest absolute Gasteiger partial charge is 0.397 e. The zero-order valence-electron chi connectivity index (χ0n) is 8.02. The molecule has 0 atom stereocenters. The molecule has 0 aliphatic heterocycles. The van der Waals surface area contributed by atoms with Gasteiger partial charge in [-0.3, -0.25) is 0 Å². The number of benzene rings is 1. The second-order valence-electron chi connectivity index (χ2n) is 2.94. The van der Waals surface area contributed by atoms with Crippen molar-refractivity contribution in [1.82, 2.24) is 9.97 Å². The summed E-state index contributed by atoms with van der Waals surface area (Å²) in [7, 11) is 0. The number of aromatic nitrogens is 2. The van der Waals surface area contributed by atoms with Gasteiger partial charge in [0.25, 0.3) is 0 Å². The van der Waals surface area contributed by atoms with Crippen LogP contribution in [0.4, 0.5) is 5.69 Å². The minimum absolute atomic E-state index is 0.364. The molecule has 0 fully saturated rings. The molecule has 0 aliphatic carbocycles. The van der Waals surface area contributed by atoms with Gasteiger partial charge in [0.15, 0.2) is 0 Å². The predicted octanol–water partition coefficient (Wildman–Crippen LogP) is 3.52. The van der Waals surface area contributed by atoms with Gasteiger partial charge in [0.2, 0.25) is 0 Å². The van der Waals surface area contributed by atoms with Gasteiger partial charge < -0.3 is 5.73 Å². The second-order valence-corrected chi connectivity index (χ2v) is 4.77. The SMILES string of the molecule is Nc1cccc(Sc2cnc(Cl)cn2)c1Cl. The molecule has 1 heterocycles. The standard InChI is InChI=1S/C10H7Cl2N3S/c11-8-4-15-9(5-14-8)16-7-3-1-2-6(13)10(7)12/h1-5H,13H2. The lowest BCUT2D eigenvalue weighted by molar-refractivity contribution is 1.06. The highest BCUT2D eigenvalue weighted by molar-refractivity contribution is 7.99. The van der Waals surface area contributed by atoms with Gasteiger partial charge >= 0.3 is 0 Å². The Hall–Kier alpha value is -0.970. The zero-order chi connectivity index (χ0) is 11.5. The van der Waals surface area contributed by atoms with Crippen LogP contribution in [0, 0.1) is 0 Å². The topological polar surface area (TPSA) is 51.8 Å². The Morgan fingerprint density at radius 2 is 1.94 bits per heavy atom. The summed E-state index contributed by atoms with van der Waals surface area (Å²) in [5.41, 5.74) is 6.25. The third-order valence-electron chi connectivity index (χ3n) is 1.80. The number of hydrogen-bond acceptors (Lipinski definition) is 4. The highest BCUT2D eigenvalue weighted by Gasteiger charge is 2.06. The molecule has 0 saturated heterocycles. The first kappa shape index (κ1) is 11.5. The molecule has 0 saturated carbocycles. The maximum Gasteiger partial charge on any atom is 0.147 e. The van der Waals surface area contributed by atoms with E-state index >= 15 is 0 Å². The predicted molar refractivity (Wildman–Crippen MR) is 67.0 cm³/mol. The van der Waals surface area contributed by atoms with Crippen molar-refractivity contribution < 1.29 is 0 Å². The Balaban J connectivity index is 2.27. The molecule has 1 aromatic heterocycles. The van der Waals surface area contributed by atoms with Crippen LogP contribution in [0.15, 0.2) is 40.5 Å².